The minimum atomic E-state index is -0.544. The Morgan fingerprint density at radius 2 is 1.88 bits per heavy atom. The molecule has 26 heavy (non-hydrogen) atoms. The molecular formula is C19H20FNO5. The molecule has 1 N–H and O–H groups in total. The summed E-state index contributed by atoms with van der Waals surface area (Å²) in [7, 11) is 2.71. The number of esters is 1. The lowest BCUT2D eigenvalue weighted by Crippen LogP contribution is -2.25. The summed E-state index contributed by atoms with van der Waals surface area (Å²) in [5, 5.41) is 2.76. The van der Waals surface area contributed by atoms with Gasteiger partial charge in [0, 0.05) is 12.1 Å². The topological polar surface area (TPSA) is 73.9 Å². The van der Waals surface area contributed by atoms with Crippen LogP contribution in [0, 0.1) is 5.82 Å². The molecule has 0 fully saturated rings. The molecule has 0 heterocycles. The molecule has 0 atom stereocenters. The largest absolute Gasteiger partial charge is 0.493 e. The Balaban J connectivity index is 1.98. The Morgan fingerprint density at radius 1 is 1.08 bits per heavy atom. The fourth-order valence-electron chi connectivity index (χ4n) is 2.24. The van der Waals surface area contributed by atoms with Crippen molar-refractivity contribution in [1.29, 1.82) is 0 Å². The zero-order valence-electron chi connectivity index (χ0n) is 14.6. The summed E-state index contributed by atoms with van der Waals surface area (Å²) in [5.74, 6) is -0.513. The predicted molar refractivity (Wildman–Crippen MR) is 92.9 cm³/mol. The highest BCUT2D eigenvalue weighted by atomic mass is 19.1. The molecule has 0 unspecified atom stereocenters. The molecule has 0 radical (unpaired) electrons. The highest BCUT2D eigenvalue weighted by molar-refractivity contribution is 5.94. The molecule has 0 aliphatic heterocycles. The lowest BCUT2D eigenvalue weighted by Gasteiger charge is -2.12. The summed E-state index contributed by atoms with van der Waals surface area (Å²) in [5.41, 5.74) is 1.15. The number of halogens is 1. The summed E-state index contributed by atoms with van der Waals surface area (Å²) in [4.78, 5) is 23.5. The number of hydrogen-bond donors (Lipinski definition) is 1. The van der Waals surface area contributed by atoms with Gasteiger partial charge < -0.3 is 19.5 Å². The van der Waals surface area contributed by atoms with Crippen molar-refractivity contribution in [3.8, 4) is 11.5 Å². The van der Waals surface area contributed by atoms with Crippen LogP contribution in [0.2, 0.25) is 0 Å². The van der Waals surface area contributed by atoms with Gasteiger partial charge in [0.2, 0.25) is 0 Å². The van der Waals surface area contributed by atoms with Crippen molar-refractivity contribution in [2.24, 2.45) is 0 Å². The van der Waals surface area contributed by atoms with Crippen LogP contribution in [0.5, 0.6) is 11.5 Å². The van der Waals surface area contributed by atoms with Crippen molar-refractivity contribution in [3.05, 3.63) is 59.4 Å². The van der Waals surface area contributed by atoms with Crippen LogP contribution in [0.3, 0.4) is 0 Å². The van der Waals surface area contributed by atoms with Crippen LogP contribution in [0.25, 0.3) is 0 Å². The van der Waals surface area contributed by atoms with Crippen molar-refractivity contribution < 1.29 is 28.2 Å². The second-order valence-electron chi connectivity index (χ2n) is 5.37. The molecule has 2 aromatic rings. The average molecular weight is 361 g/mol. The van der Waals surface area contributed by atoms with Gasteiger partial charge in [-0.2, -0.15) is 0 Å². The van der Waals surface area contributed by atoms with Gasteiger partial charge in [-0.3, -0.25) is 4.79 Å². The standard InChI is InChI=1S/C19H20FNO5/c1-24-16-7-6-14(11-17(16)26-12-18(22)25-2)19(23)21-9-8-13-4-3-5-15(20)10-13/h3-7,10-11H,8-9,12H2,1-2H3,(H,21,23). The molecule has 2 rings (SSSR count). The zero-order chi connectivity index (χ0) is 18.9. The van der Waals surface area contributed by atoms with Crippen LogP contribution in [0.4, 0.5) is 4.39 Å². The van der Waals surface area contributed by atoms with E-state index in [1.165, 1.54) is 32.4 Å². The third kappa shape index (κ3) is 5.47. The van der Waals surface area contributed by atoms with Crippen LogP contribution < -0.4 is 14.8 Å². The monoisotopic (exact) mass is 361 g/mol. The van der Waals surface area contributed by atoms with E-state index in [4.69, 9.17) is 9.47 Å². The molecule has 1 amide bonds. The minimum Gasteiger partial charge on any atom is -0.493 e. The number of carbonyl (C=O) groups is 2. The first kappa shape index (κ1) is 19.2. The van der Waals surface area contributed by atoms with E-state index in [2.05, 4.69) is 10.1 Å². The number of rotatable bonds is 8. The highest BCUT2D eigenvalue weighted by Crippen LogP contribution is 2.28. The lowest BCUT2D eigenvalue weighted by molar-refractivity contribution is -0.142. The van der Waals surface area contributed by atoms with E-state index in [0.717, 1.165) is 5.56 Å². The van der Waals surface area contributed by atoms with Gasteiger partial charge in [0.1, 0.15) is 5.82 Å². The summed E-state index contributed by atoms with van der Waals surface area (Å²) in [6.45, 7) is 0.0597. The first-order valence-electron chi connectivity index (χ1n) is 7.93. The van der Waals surface area contributed by atoms with Gasteiger partial charge in [-0.15, -0.1) is 0 Å². The first-order valence-corrected chi connectivity index (χ1v) is 7.93. The van der Waals surface area contributed by atoms with E-state index in [-0.39, 0.29) is 24.1 Å². The van der Waals surface area contributed by atoms with Crippen molar-refractivity contribution in [1.82, 2.24) is 5.32 Å². The van der Waals surface area contributed by atoms with Crippen LogP contribution in [-0.2, 0) is 16.0 Å². The third-order valence-electron chi connectivity index (χ3n) is 3.59. The normalized spacial score (nSPS) is 10.1. The Hall–Kier alpha value is -3.09. The Kier molecular flexibility index (Phi) is 6.96. The number of hydrogen-bond acceptors (Lipinski definition) is 5. The van der Waals surface area contributed by atoms with Gasteiger partial charge in [0.15, 0.2) is 18.1 Å². The molecule has 0 saturated heterocycles. The summed E-state index contributed by atoms with van der Waals surface area (Å²) >= 11 is 0. The second kappa shape index (κ2) is 9.41. The molecule has 138 valence electrons. The van der Waals surface area contributed by atoms with Crippen molar-refractivity contribution in [3.63, 3.8) is 0 Å². The third-order valence-corrected chi connectivity index (χ3v) is 3.59. The number of nitrogens with one attached hydrogen (secondary N) is 1. The van der Waals surface area contributed by atoms with E-state index in [1.807, 2.05) is 0 Å². The summed E-state index contributed by atoms with van der Waals surface area (Å²) in [6.07, 6.45) is 0.505. The fraction of sp³-hybridized carbons (Fsp3) is 0.263. The van der Waals surface area contributed by atoms with E-state index < -0.39 is 5.97 Å². The van der Waals surface area contributed by atoms with Gasteiger partial charge in [-0.25, -0.2) is 9.18 Å². The van der Waals surface area contributed by atoms with Gasteiger partial charge in [-0.05, 0) is 42.3 Å². The average Bonchev–Trinajstić information content (AvgIpc) is 2.65. The van der Waals surface area contributed by atoms with Crippen molar-refractivity contribution in [2.75, 3.05) is 27.4 Å². The Morgan fingerprint density at radius 3 is 2.58 bits per heavy atom. The smallest absolute Gasteiger partial charge is 0.343 e. The molecule has 0 aromatic heterocycles. The molecule has 0 saturated carbocycles. The number of ether oxygens (including phenoxy) is 3. The molecule has 0 aliphatic carbocycles. The van der Waals surface area contributed by atoms with E-state index in [9.17, 15) is 14.0 Å². The number of benzene rings is 2. The number of amides is 1. The second-order valence-corrected chi connectivity index (χ2v) is 5.37. The van der Waals surface area contributed by atoms with Crippen LogP contribution in [0.15, 0.2) is 42.5 Å². The van der Waals surface area contributed by atoms with Crippen LogP contribution in [0.1, 0.15) is 15.9 Å². The quantitative estimate of drug-likeness (QED) is 0.731. The zero-order valence-corrected chi connectivity index (χ0v) is 14.6. The van der Waals surface area contributed by atoms with E-state index >= 15 is 0 Å². The van der Waals surface area contributed by atoms with Gasteiger partial charge in [-0.1, -0.05) is 12.1 Å². The Bertz CT molecular complexity index is 778. The fourth-order valence-corrected chi connectivity index (χ4v) is 2.24. The SMILES string of the molecule is COC(=O)COc1cc(C(=O)NCCc2cccc(F)c2)ccc1OC. The number of carbonyl (C=O) groups excluding carboxylic acids is 2. The van der Waals surface area contributed by atoms with E-state index in [0.29, 0.717) is 24.3 Å². The van der Waals surface area contributed by atoms with Gasteiger partial charge in [0.25, 0.3) is 5.91 Å². The molecule has 6 nitrogen and oxygen atoms in total. The van der Waals surface area contributed by atoms with E-state index in [1.54, 1.807) is 24.3 Å². The summed E-state index contributed by atoms with van der Waals surface area (Å²) in [6, 6.07) is 10.9. The first-order chi connectivity index (χ1) is 12.5. The molecule has 2 aromatic carbocycles. The molecule has 0 spiro atoms. The maximum Gasteiger partial charge on any atom is 0.343 e. The van der Waals surface area contributed by atoms with Crippen LogP contribution in [-0.4, -0.2) is 39.2 Å². The van der Waals surface area contributed by atoms with Crippen molar-refractivity contribution >= 4 is 11.9 Å². The van der Waals surface area contributed by atoms with Crippen LogP contribution >= 0.6 is 0 Å². The predicted octanol–water partition coefficient (Wildman–Crippen LogP) is 2.36. The minimum absolute atomic E-state index is 0.260. The maximum absolute atomic E-state index is 13.1. The summed E-state index contributed by atoms with van der Waals surface area (Å²) < 4.78 is 28.1. The highest BCUT2D eigenvalue weighted by Gasteiger charge is 2.12. The van der Waals surface area contributed by atoms with Gasteiger partial charge in [0.05, 0.1) is 14.2 Å². The van der Waals surface area contributed by atoms with Crippen molar-refractivity contribution in [2.45, 2.75) is 6.42 Å². The molecule has 7 heteroatoms. The lowest BCUT2D eigenvalue weighted by atomic mass is 10.1. The Labute approximate surface area is 150 Å². The molecular weight excluding hydrogens is 341 g/mol. The molecule has 0 aliphatic rings. The maximum atomic E-state index is 13.1. The molecule has 0 bridgehead atoms. The van der Waals surface area contributed by atoms with Gasteiger partial charge >= 0.3 is 5.97 Å². The number of methoxy groups -OCH3 is 2.